The number of alkyl halides is 2. The number of nitrogens with zero attached hydrogens (tertiary/aromatic N) is 3. The number of nitriles is 2. The molecule has 4 aromatic rings. The number of hydrogen-bond donors (Lipinski definition) is 4. The Hall–Kier alpha value is -5.78. The minimum absolute atomic E-state index is 0.101. The number of carboxylic acid groups (broad SMARTS) is 1. The number of nitrogens with one attached hydrogen (secondary N) is 1. The van der Waals surface area contributed by atoms with Gasteiger partial charge >= 0.3 is 5.97 Å². The lowest BCUT2D eigenvalue weighted by molar-refractivity contribution is 0.0420. The maximum atomic E-state index is 15.3. The topological polar surface area (TPSA) is 169 Å². The normalized spacial score (nSPS) is 15.7. The molecule has 0 unspecified atom stereocenters. The predicted molar refractivity (Wildman–Crippen MR) is 203 cm³/mol. The zero-order valence-corrected chi connectivity index (χ0v) is 30.6. The monoisotopic (exact) mass is 720 g/mol. The number of amides is 1. The fourth-order valence-electron chi connectivity index (χ4n) is 6.52. The molecule has 0 atom stereocenters. The lowest BCUT2D eigenvalue weighted by Crippen LogP contribution is -2.43. The average Bonchev–Trinajstić information content (AvgIpc) is 3.15. The zero-order chi connectivity index (χ0) is 38.9. The molecule has 1 amide bonds. The number of anilines is 2. The number of carbonyl (C=O) groups is 2. The summed E-state index contributed by atoms with van der Waals surface area (Å²) in [4.78, 5) is 25.1. The number of aromatic carboxylic acids is 1. The van der Waals surface area contributed by atoms with Gasteiger partial charge in [-0.05, 0) is 123 Å². The van der Waals surface area contributed by atoms with Crippen LogP contribution in [0, 0.1) is 50.4 Å². The number of rotatable bonds is 4. The van der Waals surface area contributed by atoms with Gasteiger partial charge in [0.25, 0.3) is 5.91 Å². The number of carbonyl (C=O) groups excluding carboxylic acids is 1. The number of carboxylic acids is 1. The lowest BCUT2D eigenvalue weighted by atomic mass is 9.85. The number of halogens is 2. The molecule has 6 rings (SSSR count). The molecule has 6 N–H and O–H groups in total. The Kier molecular flexibility index (Phi) is 12.9. The molecule has 2 aliphatic heterocycles. The molecule has 2 saturated heterocycles. The van der Waals surface area contributed by atoms with E-state index in [-0.39, 0.29) is 24.3 Å². The summed E-state index contributed by atoms with van der Waals surface area (Å²) in [6.45, 7) is 9.55. The Morgan fingerprint density at radius 3 is 1.49 bits per heavy atom. The van der Waals surface area contributed by atoms with Gasteiger partial charge in [0, 0.05) is 42.9 Å². The van der Waals surface area contributed by atoms with Crippen LogP contribution in [0.3, 0.4) is 0 Å². The van der Waals surface area contributed by atoms with Crippen LogP contribution >= 0.6 is 0 Å². The van der Waals surface area contributed by atoms with E-state index in [1.165, 1.54) is 6.07 Å². The largest absolute Gasteiger partial charge is 0.478 e. The van der Waals surface area contributed by atoms with E-state index in [1.807, 2.05) is 39.0 Å². The number of aryl methyl sites for hydroxylation is 4. The van der Waals surface area contributed by atoms with Gasteiger partial charge in [-0.3, -0.25) is 4.79 Å². The Balaban J connectivity index is 0.000000196. The van der Waals surface area contributed by atoms with Crippen molar-refractivity contribution in [3.8, 4) is 12.1 Å². The molecular formula is C42H46F2N6O3. The van der Waals surface area contributed by atoms with Gasteiger partial charge < -0.3 is 26.8 Å². The first-order valence-electron chi connectivity index (χ1n) is 17.5. The van der Waals surface area contributed by atoms with Crippen LogP contribution < -0.4 is 16.8 Å². The molecule has 0 spiro atoms. The van der Waals surface area contributed by atoms with E-state index >= 15 is 4.39 Å². The maximum Gasteiger partial charge on any atom is 0.336 e. The van der Waals surface area contributed by atoms with Gasteiger partial charge in [-0.15, -0.1) is 0 Å². The highest BCUT2D eigenvalue weighted by Crippen LogP contribution is 2.38. The molecule has 2 heterocycles. The van der Waals surface area contributed by atoms with E-state index in [0.717, 1.165) is 35.3 Å². The van der Waals surface area contributed by atoms with E-state index in [1.54, 1.807) is 72.5 Å². The van der Waals surface area contributed by atoms with E-state index in [4.69, 9.17) is 27.1 Å². The number of piperidine rings is 2. The Morgan fingerprint density at radius 1 is 0.679 bits per heavy atom. The molecule has 11 heteroatoms. The van der Waals surface area contributed by atoms with Gasteiger partial charge in [0.2, 0.25) is 0 Å². The molecule has 0 saturated carbocycles. The Bertz CT molecular complexity index is 2020. The summed E-state index contributed by atoms with van der Waals surface area (Å²) < 4.78 is 29.8. The van der Waals surface area contributed by atoms with Crippen molar-refractivity contribution in [1.29, 1.82) is 10.5 Å². The highest BCUT2D eigenvalue weighted by Gasteiger charge is 2.38. The maximum absolute atomic E-state index is 15.3. The summed E-state index contributed by atoms with van der Waals surface area (Å²) in [5.41, 5.74) is 16.7. The molecule has 276 valence electrons. The van der Waals surface area contributed by atoms with E-state index in [2.05, 4.69) is 5.32 Å². The van der Waals surface area contributed by atoms with Crippen molar-refractivity contribution < 1.29 is 23.5 Å². The summed E-state index contributed by atoms with van der Waals surface area (Å²) in [6, 6.07) is 24.4. The van der Waals surface area contributed by atoms with Crippen LogP contribution in [0.5, 0.6) is 0 Å². The van der Waals surface area contributed by atoms with Gasteiger partial charge in [0.1, 0.15) is 11.3 Å². The van der Waals surface area contributed by atoms with Crippen molar-refractivity contribution in [2.24, 2.45) is 0 Å². The molecule has 0 aliphatic carbocycles. The smallest absolute Gasteiger partial charge is 0.336 e. The minimum atomic E-state index is -1.47. The summed E-state index contributed by atoms with van der Waals surface area (Å²) in [6.07, 6.45) is 1.51. The van der Waals surface area contributed by atoms with Crippen LogP contribution in [-0.4, -0.2) is 48.1 Å². The zero-order valence-electron chi connectivity index (χ0n) is 30.6. The Labute approximate surface area is 309 Å². The summed E-state index contributed by atoms with van der Waals surface area (Å²) in [5.74, 6) is -1.03. The minimum Gasteiger partial charge on any atom is -0.478 e. The van der Waals surface area contributed by atoms with E-state index < -0.39 is 17.3 Å². The first-order valence-corrected chi connectivity index (χ1v) is 17.5. The molecule has 4 aromatic carbocycles. The third-order valence-corrected chi connectivity index (χ3v) is 9.99. The SMILES string of the molecule is Cc1cc(C)c(C(=O)N2CCC(F)(c3ccc(C#N)cc3)CC2)cc1N.Cc1cc(C)c(C(=O)O)cc1N.N#Cc1ccc(C2(F)CCNCC2)cc1. The van der Waals surface area contributed by atoms with Crippen molar-refractivity contribution in [1.82, 2.24) is 10.2 Å². The van der Waals surface area contributed by atoms with Crippen LogP contribution in [0.1, 0.15) is 90.9 Å². The van der Waals surface area contributed by atoms with Gasteiger partial charge in [-0.1, -0.05) is 36.4 Å². The van der Waals surface area contributed by atoms with Crippen molar-refractivity contribution >= 4 is 23.3 Å². The molecule has 9 nitrogen and oxygen atoms in total. The highest BCUT2D eigenvalue weighted by atomic mass is 19.1. The van der Waals surface area contributed by atoms with E-state index in [9.17, 15) is 14.0 Å². The average molecular weight is 721 g/mol. The van der Waals surface area contributed by atoms with Crippen LogP contribution in [0.2, 0.25) is 0 Å². The molecule has 2 fully saturated rings. The van der Waals surface area contributed by atoms with Crippen molar-refractivity contribution in [3.05, 3.63) is 128 Å². The van der Waals surface area contributed by atoms with Gasteiger partial charge in [-0.25, -0.2) is 13.6 Å². The third-order valence-electron chi connectivity index (χ3n) is 9.99. The van der Waals surface area contributed by atoms with Gasteiger partial charge in [0.05, 0.1) is 28.8 Å². The molecule has 0 aromatic heterocycles. The summed E-state index contributed by atoms with van der Waals surface area (Å²) in [5, 5.41) is 29.4. The van der Waals surface area contributed by atoms with Crippen LogP contribution in [-0.2, 0) is 11.3 Å². The van der Waals surface area contributed by atoms with E-state index in [0.29, 0.717) is 65.1 Å². The van der Waals surface area contributed by atoms with Crippen molar-refractivity contribution in [2.75, 3.05) is 37.6 Å². The number of benzene rings is 4. The second-order valence-corrected chi connectivity index (χ2v) is 13.7. The summed E-state index contributed by atoms with van der Waals surface area (Å²) >= 11 is 0. The molecule has 53 heavy (non-hydrogen) atoms. The first-order chi connectivity index (χ1) is 25.1. The molecule has 2 aliphatic rings. The molecule has 0 bridgehead atoms. The molecular weight excluding hydrogens is 674 g/mol. The Morgan fingerprint density at radius 2 is 1.08 bits per heavy atom. The summed E-state index contributed by atoms with van der Waals surface area (Å²) in [7, 11) is 0. The van der Waals surface area contributed by atoms with Crippen LogP contribution in [0.4, 0.5) is 20.2 Å². The lowest BCUT2D eigenvalue weighted by Gasteiger charge is -2.37. The van der Waals surface area contributed by atoms with Crippen molar-refractivity contribution in [2.45, 2.75) is 64.7 Å². The highest BCUT2D eigenvalue weighted by molar-refractivity contribution is 5.97. The van der Waals surface area contributed by atoms with Gasteiger partial charge in [-0.2, -0.15) is 10.5 Å². The fourth-order valence-corrected chi connectivity index (χ4v) is 6.52. The number of likely N-dealkylation sites (tertiary alicyclic amines) is 1. The van der Waals surface area contributed by atoms with Gasteiger partial charge in [0.15, 0.2) is 0 Å². The van der Waals surface area contributed by atoms with Crippen molar-refractivity contribution in [3.63, 3.8) is 0 Å². The number of nitrogens with two attached hydrogens (primary N) is 2. The van der Waals surface area contributed by atoms with Crippen LogP contribution in [0.15, 0.2) is 72.8 Å². The predicted octanol–water partition coefficient (Wildman–Crippen LogP) is 7.55. The second kappa shape index (κ2) is 17.2. The standard InChI is InChI=1S/C21H22FN3O.C12H13FN2.C9H11NO2/c1-14-11-15(2)19(24)12-18(14)20(26)25-9-7-21(22,8-10-25)17-5-3-16(13-23)4-6-17;13-12(5-7-15-8-6-12)11-3-1-10(9-14)2-4-11;1-5-3-6(2)8(10)4-7(5)9(11)12/h3-6,11-12H,7-10,24H2,1-2H3;1-4,15H,5-8H2;3-4H,10H2,1-2H3,(H,11,12). The molecule has 0 radical (unpaired) electrons. The second-order valence-electron chi connectivity index (χ2n) is 13.7. The van der Waals surface area contributed by atoms with Crippen LogP contribution in [0.25, 0.3) is 0 Å². The fraction of sp³-hybridized carbons (Fsp3) is 0.333. The quantitative estimate of drug-likeness (QED) is 0.157. The first kappa shape index (κ1) is 40.0. The third kappa shape index (κ3) is 9.76. The number of nitrogen functional groups attached to an aromatic ring is 2. The number of hydrogen-bond acceptors (Lipinski definition) is 7.